The molecule has 1 aromatic carbocycles. The Morgan fingerprint density at radius 1 is 1.60 bits per heavy atom. The number of amides is 1. The number of fused-ring (bicyclic) bond motifs is 1. The average Bonchev–Trinajstić information content (AvgIpc) is 2.96. The molecule has 1 amide bonds. The lowest BCUT2D eigenvalue weighted by molar-refractivity contribution is 0.0947. The largest absolute Gasteiger partial charge is 0.348 e. The molecular weight excluding hydrogens is 190 g/mol. The molecule has 0 atom stereocenters. The molecule has 1 radical (unpaired) electrons. The van der Waals surface area contributed by atoms with E-state index in [1.54, 1.807) is 12.1 Å². The molecule has 1 saturated carbocycles. The van der Waals surface area contributed by atoms with Crippen LogP contribution in [0.2, 0.25) is 0 Å². The van der Waals surface area contributed by atoms with E-state index in [-0.39, 0.29) is 5.91 Å². The Morgan fingerprint density at radius 3 is 3.27 bits per heavy atom. The third-order valence-electron chi connectivity index (χ3n) is 2.53. The second-order valence-electron chi connectivity index (χ2n) is 3.79. The van der Waals surface area contributed by atoms with E-state index in [0.717, 1.165) is 23.7 Å². The Balaban J connectivity index is 1.98. The standard InChI is InChI=1S/C11H10N3O/c15-11(12-7-5-6-7)10-8-3-1-2-4-9(8)13-14-10/h1,3-4,7H,5-6H2,(H,12,15)(H,13,14). The van der Waals surface area contributed by atoms with E-state index in [1.165, 1.54) is 0 Å². The fraction of sp³-hybridized carbons (Fsp3) is 0.273. The number of hydrogen-bond donors (Lipinski definition) is 2. The van der Waals surface area contributed by atoms with Gasteiger partial charge in [-0.05, 0) is 31.0 Å². The van der Waals surface area contributed by atoms with E-state index >= 15 is 0 Å². The van der Waals surface area contributed by atoms with Gasteiger partial charge >= 0.3 is 0 Å². The van der Waals surface area contributed by atoms with Crippen LogP contribution in [0.15, 0.2) is 18.2 Å². The molecular formula is C11H10N3O. The number of aromatic nitrogens is 2. The van der Waals surface area contributed by atoms with Crippen molar-refractivity contribution in [2.45, 2.75) is 18.9 Å². The van der Waals surface area contributed by atoms with Crippen LogP contribution < -0.4 is 5.32 Å². The first kappa shape index (κ1) is 8.47. The van der Waals surface area contributed by atoms with Crippen molar-refractivity contribution in [2.24, 2.45) is 0 Å². The van der Waals surface area contributed by atoms with Crippen LogP contribution in [0.5, 0.6) is 0 Å². The summed E-state index contributed by atoms with van der Waals surface area (Å²) in [5.41, 5.74) is 1.32. The summed E-state index contributed by atoms with van der Waals surface area (Å²) in [5, 5.41) is 10.6. The first-order valence-electron chi connectivity index (χ1n) is 4.99. The number of benzene rings is 1. The lowest BCUT2D eigenvalue weighted by atomic mass is 10.2. The highest BCUT2D eigenvalue weighted by Gasteiger charge is 2.25. The van der Waals surface area contributed by atoms with Crippen molar-refractivity contribution in [3.63, 3.8) is 0 Å². The summed E-state index contributed by atoms with van der Waals surface area (Å²) in [6.45, 7) is 0. The minimum atomic E-state index is -0.0880. The predicted molar refractivity (Wildman–Crippen MR) is 55.4 cm³/mol. The van der Waals surface area contributed by atoms with Crippen molar-refractivity contribution in [1.29, 1.82) is 0 Å². The monoisotopic (exact) mass is 200 g/mol. The molecule has 1 aliphatic rings. The highest BCUT2D eigenvalue weighted by atomic mass is 16.2. The Hall–Kier alpha value is -1.84. The van der Waals surface area contributed by atoms with Crippen molar-refractivity contribution in [3.8, 4) is 0 Å². The van der Waals surface area contributed by atoms with E-state index in [1.807, 2.05) is 6.07 Å². The normalized spacial score (nSPS) is 15.5. The number of aromatic amines is 1. The van der Waals surface area contributed by atoms with Crippen molar-refractivity contribution in [3.05, 3.63) is 30.0 Å². The van der Waals surface area contributed by atoms with Crippen LogP contribution in [-0.4, -0.2) is 22.1 Å². The van der Waals surface area contributed by atoms with Gasteiger partial charge in [0, 0.05) is 11.4 Å². The fourth-order valence-corrected chi connectivity index (χ4v) is 1.56. The predicted octanol–water partition coefficient (Wildman–Crippen LogP) is 1.26. The Kier molecular flexibility index (Phi) is 1.74. The molecule has 0 unspecified atom stereocenters. The summed E-state index contributed by atoms with van der Waals surface area (Å²) in [5.74, 6) is -0.0880. The van der Waals surface area contributed by atoms with Crippen LogP contribution >= 0.6 is 0 Å². The van der Waals surface area contributed by atoms with Crippen molar-refractivity contribution in [1.82, 2.24) is 15.5 Å². The van der Waals surface area contributed by atoms with E-state index in [0.29, 0.717) is 11.7 Å². The van der Waals surface area contributed by atoms with Gasteiger partial charge < -0.3 is 5.32 Å². The summed E-state index contributed by atoms with van der Waals surface area (Å²) in [4.78, 5) is 11.8. The number of nitrogens with zero attached hydrogens (tertiary/aromatic N) is 1. The maximum absolute atomic E-state index is 11.8. The highest BCUT2D eigenvalue weighted by molar-refractivity contribution is 6.04. The first-order valence-corrected chi connectivity index (χ1v) is 4.99. The summed E-state index contributed by atoms with van der Waals surface area (Å²) in [7, 11) is 0. The number of H-pyrrole nitrogens is 1. The van der Waals surface area contributed by atoms with Gasteiger partial charge in [0.25, 0.3) is 5.91 Å². The van der Waals surface area contributed by atoms with Gasteiger partial charge in [-0.25, -0.2) is 0 Å². The Labute approximate surface area is 86.7 Å². The van der Waals surface area contributed by atoms with Gasteiger partial charge in [0.2, 0.25) is 0 Å². The maximum atomic E-state index is 11.8. The van der Waals surface area contributed by atoms with E-state index < -0.39 is 0 Å². The van der Waals surface area contributed by atoms with Crippen LogP contribution in [0.4, 0.5) is 0 Å². The van der Waals surface area contributed by atoms with Crippen LogP contribution in [0.25, 0.3) is 10.9 Å². The van der Waals surface area contributed by atoms with Crippen molar-refractivity contribution in [2.75, 3.05) is 0 Å². The molecule has 3 rings (SSSR count). The molecule has 1 aliphatic carbocycles. The minimum Gasteiger partial charge on any atom is -0.348 e. The topological polar surface area (TPSA) is 57.8 Å². The second-order valence-corrected chi connectivity index (χ2v) is 3.79. The van der Waals surface area contributed by atoms with Crippen LogP contribution in [0, 0.1) is 6.07 Å². The zero-order valence-electron chi connectivity index (χ0n) is 8.08. The van der Waals surface area contributed by atoms with E-state index in [9.17, 15) is 4.79 Å². The maximum Gasteiger partial charge on any atom is 0.272 e. The number of nitrogens with one attached hydrogen (secondary N) is 2. The van der Waals surface area contributed by atoms with Gasteiger partial charge in [-0.3, -0.25) is 9.89 Å². The highest BCUT2D eigenvalue weighted by Crippen LogP contribution is 2.20. The quantitative estimate of drug-likeness (QED) is 0.766. The van der Waals surface area contributed by atoms with Crippen molar-refractivity contribution < 1.29 is 4.79 Å². The van der Waals surface area contributed by atoms with E-state index in [4.69, 9.17) is 0 Å². The molecule has 75 valence electrons. The molecule has 0 aliphatic heterocycles. The fourth-order valence-electron chi connectivity index (χ4n) is 1.56. The lowest BCUT2D eigenvalue weighted by Crippen LogP contribution is -2.25. The zero-order valence-corrected chi connectivity index (χ0v) is 8.08. The minimum absolute atomic E-state index is 0.0880. The summed E-state index contributed by atoms with van der Waals surface area (Å²) < 4.78 is 0. The third kappa shape index (κ3) is 1.48. The molecule has 2 aromatic rings. The molecule has 1 aromatic heterocycles. The number of hydrogen-bond acceptors (Lipinski definition) is 2. The number of rotatable bonds is 2. The summed E-state index contributed by atoms with van der Waals surface area (Å²) >= 11 is 0. The number of carbonyl (C=O) groups excluding carboxylic acids is 1. The molecule has 15 heavy (non-hydrogen) atoms. The van der Waals surface area contributed by atoms with Gasteiger partial charge in [0.15, 0.2) is 5.69 Å². The Morgan fingerprint density at radius 2 is 2.47 bits per heavy atom. The molecule has 4 heteroatoms. The summed E-state index contributed by atoms with van der Waals surface area (Å²) in [6, 6.07) is 8.72. The summed E-state index contributed by atoms with van der Waals surface area (Å²) in [6.07, 6.45) is 2.17. The smallest absolute Gasteiger partial charge is 0.272 e. The molecule has 4 nitrogen and oxygen atoms in total. The lowest BCUT2D eigenvalue weighted by Gasteiger charge is -1.99. The average molecular weight is 200 g/mol. The van der Waals surface area contributed by atoms with Gasteiger partial charge in [-0.15, -0.1) is 0 Å². The molecule has 1 heterocycles. The van der Waals surface area contributed by atoms with Gasteiger partial charge in [0.1, 0.15) is 0 Å². The molecule has 0 bridgehead atoms. The molecule has 2 N–H and O–H groups in total. The zero-order chi connectivity index (χ0) is 10.3. The SMILES string of the molecule is O=C(NC1CC1)c1n[nH]c2c[c]ccc12. The van der Waals surface area contributed by atoms with Crippen LogP contribution in [-0.2, 0) is 0 Å². The second kappa shape index (κ2) is 3.08. The number of carbonyl (C=O) groups is 1. The van der Waals surface area contributed by atoms with Gasteiger partial charge in [0.05, 0.1) is 5.52 Å². The third-order valence-corrected chi connectivity index (χ3v) is 2.53. The Bertz CT molecular complexity index is 513. The van der Waals surface area contributed by atoms with Gasteiger partial charge in [-0.2, -0.15) is 5.10 Å². The molecule has 0 spiro atoms. The molecule has 0 saturated heterocycles. The van der Waals surface area contributed by atoms with Crippen LogP contribution in [0.1, 0.15) is 23.3 Å². The van der Waals surface area contributed by atoms with Gasteiger partial charge in [-0.1, -0.05) is 6.07 Å². The van der Waals surface area contributed by atoms with Crippen molar-refractivity contribution >= 4 is 16.8 Å². The molecule has 1 fully saturated rings. The first-order chi connectivity index (χ1) is 7.34. The van der Waals surface area contributed by atoms with E-state index in [2.05, 4.69) is 21.6 Å². The van der Waals surface area contributed by atoms with Crippen LogP contribution in [0.3, 0.4) is 0 Å².